The molecular weight excluding hydrogens is 284 g/mol. The van der Waals surface area contributed by atoms with Gasteiger partial charge in [0.1, 0.15) is 5.75 Å². The lowest BCUT2D eigenvalue weighted by Crippen LogP contribution is -2.14. The van der Waals surface area contributed by atoms with Gasteiger partial charge in [-0.1, -0.05) is 12.1 Å². The number of carbonyl (C=O) groups excluding carboxylic acids is 1. The van der Waals surface area contributed by atoms with Gasteiger partial charge >= 0.3 is 5.97 Å². The topological polar surface area (TPSA) is 78.9 Å². The number of ether oxygens (including phenoxy) is 2. The number of esters is 1. The summed E-state index contributed by atoms with van der Waals surface area (Å²) in [6.07, 6.45) is 1.44. The van der Waals surface area contributed by atoms with E-state index in [2.05, 4.69) is 4.18 Å². The zero-order chi connectivity index (χ0) is 15.0. The van der Waals surface area contributed by atoms with Crippen LogP contribution in [0.1, 0.15) is 12.5 Å². The molecule has 112 valence electrons. The maximum atomic E-state index is 11.1. The summed E-state index contributed by atoms with van der Waals surface area (Å²) in [5.74, 6) is 0.0909. The van der Waals surface area contributed by atoms with Gasteiger partial charge in [-0.2, -0.15) is 8.42 Å². The van der Waals surface area contributed by atoms with Crippen LogP contribution < -0.4 is 4.74 Å². The van der Waals surface area contributed by atoms with Crippen molar-refractivity contribution in [3.63, 3.8) is 0 Å². The second kappa shape index (κ2) is 7.86. The molecule has 0 saturated carbocycles. The summed E-state index contributed by atoms with van der Waals surface area (Å²) in [6.45, 7) is 1.95. The fourth-order valence-electron chi connectivity index (χ4n) is 1.45. The molecule has 0 aliphatic carbocycles. The van der Waals surface area contributed by atoms with E-state index in [-0.39, 0.29) is 13.2 Å². The van der Waals surface area contributed by atoms with Crippen molar-refractivity contribution in [2.45, 2.75) is 13.3 Å². The molecule has 20 heavy (non-hydrogen) atoms. The number of hydrogen-bond donors (Lipinski definition) is 0. The summed E-state index contributed by atoms with van der Waals surface area (Å²) in [7, 11) is -3.42. The number of rotatable bonds is 8. The van der Waals surface area contributed by atoms with Gasteiger partial charge in [-0.3, -0.25) is 4.18 Å². The van der Waals surface area contributed by atoms with E-state index in [0.717, 1.165) is 11.8 Å². The monoisotopic (exact) mass is 302 g/mol. The molecule has 0 saturated heterocycles. The molecule has 0 aromatic heterocycles. The molecule has 0 spiro atoms. The smallest absolute Gasteiger partial charge is 0.344 e. The molecule has 0 atom stereocenters. The molecule has 0 bridgehead atoms. The summed E-state index contributed by atoms with van der Waals surface area (Å²) in [5, 5.41) is 0. The Balaban J connectivity index is 2.47. The normalized spacial score (nSPS) is 11.1. The van der Waals surface area contributed by atoms with E-state index in [4.69, 9.17) is 9.47 Å². The van der Waals surface area contributed by atoms with Gasteiger partial charge in [0, 0.05) is 0 Å². The van der Waals surface area contributed by atoms with E-state index in [1.54, 1.807) is 25.1 Å². The van der Waals surface area contributed by atoms with Gasteiger partial charge in [0.25, 0.3) is 10.1 Å². The predicted molar refractivity (Wildman–Crippen MR) is 73.1 cm³/mol. The summed E-state index contributed by atoms with van der Waals surface area (Å²) in [5.41, 5.74) is 0.856. The Hall–Kier alpha value is -1.60. The highest BCUT2D eigenvalue weighted by atomic mass is 32.2. The zero-order valence-corrected chi connectivity index (χ0v) is 12.3. The van der Waals surface area contributed by atoms with Gasteiger partial charge in [0.15, 0.2) is 6.61 Å². The van der Waals surface area contributed by atoms with E-state index < -0.39 is 16.1 Å². The van der Waals surface area contributed by atoms with E-state index >= 15 is 0 Å². The van der Waals surface area contributed by atoms with Crippen LogP contribution in [0.25, 0.3) is 0 Å². The van der Waals surface area contributed by atoms with Gasteiger partial charge in [-0.15, -0.1) is 0 Å². The third-order valence-electron chi connectivity index (χ3n) is 2.25. The van der Waals surface area contributed by atoms with Crippen LogP contribution >= 0.6 is 0 Å². The average Bonchev–Trinajstić information content (AvgIpc) is 2.36. The van der Waals surface area contributed by atoms with Crippen LogP contribution in [0.3, 0.4) is 0 Å². The highest BCUT2D eigenvalue weighted by molar-refractivity contribution is 7.85. The van der Waals surface area contributed by atoms with Crippen molar-refractivity contribution in [3.8, 4) is 5.75 Å². The van der Waals surface area contributed by atoms with Crippen LogP contribution in [0.15, 0.2) is 24.3 Å². The van der Waals surface area contributed by atoms with Crippen molar-refractivity contribution in [1.29, 1.82) is 0 Å². The lowest BCUT2D eigenvalue weighted by Gasteiger charge is -2.07. The predicted octanol–water partition coefficient (Wildman–Crippen LogP) is 1.15. The standard InChI is InChI=1S/C13H18O6S/c1-3-17-13(14)10-18-12-6-4-5-11(9-12)7-8-19-20(2,15)16/h4-6,9H,3,7-8,10H2,1-2H3. The van der Waals surface area contributed by atoms with Crippen molar-refractivity contribution in [2.75, 3.05) is 26.1 Å². The Morgan fingerprint density at radius 3 is 2.70 bits per heavy atom. The van der Waals surface area contributed by atoms with Crippen molar-refractivity contribution < 1.29 is 26.9 Å². The second-order valence-corrected chi connectivity index (χ2v) is 5.66. The molecule has 0 amide bonds. The molecule has 0 fully saturated rings. The average molecular weight is 302 g/mol. The first-order valence-electron chi connectivity index (χ1n) is 6.12. The van der Waals surface area contributed by atoms with Gasteiger partial charge in [-0.05, 0) is 31.0 Å². The van der Waals surface area contributed by atoms with E-state index in [1.807, 2.05) is 6.07 Å². The van der Waals surface area contributed by atoms with Crippen molar-refractivity contribution >= 4 is 16.1 Å². The molecule has 1 aromatic rings. The Bertz CT molecular complexity index is 538. The van der Waals surface area contributed by atoms with Gasteiger partial charge in [0.2, 0.25) is 0 Å². The molecule has 1 rings (SSSR count). The van der Waals surface area contributed by atoms with Gasteiger partial charge in [0.05, 0.1) is 19.5 Å². The third kappa shape index (κ3) is 7.10. The highest BCUT2D eigenvalue weighted by Crippen LogP contribution is 2.14. The number of hydrogen-bond acceptors (Lipinski definition) is 6. The van der Waals surface area contributed by atoms with Crippen molar-refractivity contribution in [2.24, 2.45) is 0 Å². The summed E-state index contributed by atoms with van der Waals surface area (Å²) >= 11 is 0. The van der Waals surface area contributed by atoms with E-state index in [9.17, 15) is 13.2 Å². The SMILES string of the molecule is CCOC(=O)COc1cccc(CCOS(C)(=O)=O)c1. The first kappa shape index (κ1) is 16.5. The van der Waals surface area contributed by atoms with E-state index in [1.165, 1.54) is 0 Å². The minimum atomic E-state index is -3.42. The van der Waals surface area contributed by atoms with Crippen LogP contribution in [0, 0.1) is 0 Å². The number of benzene rings is 1. The first-order chi connectivity index (χ1) is 9.40. The fraction of sp³-hybridized carbons (Fsp3) is 0.462. The lowest BCUT2D eigenvalue weighted by atomic mass is 10.1. The maximum Gasteiger partial charge on any atom is 0.344 e. The fourth-order valence-corrected chi connectivity index (χ4v) is 1.83. The van der Waals surface area contributed by atoms with Crippen molar-refractivity contribution in [1.82, 2.24) is 0 Å². The molecule has 1 aromatic carbocycles. The molecule has 6 nitrogen and oxygen atoms in total. The first-order valence-corrected chi connectivity index (χ1v) is 7.94. The van der Waals surface area contributed by atoms with Gasteiger partial charge in [-0.25, -0.2) is 4.79 Å². The minimum Gasteiger partial charge on any atom is -0.482 e. The summed E-state index contributed by atoms with van der Waals surface area (Å²) in [4.78, 5) is 11.1. The lowest BCUT2D eigenvalue weighted by molar-refractivity contribution is -0.145. The quantitative estimate of drug-likeness (QED) is 0.529. The molecule has 7 heteroatoms. The Labute approximate surface area is 118 Å². The maximum absolute atomic E-state index is 11.1. The Kier molecular flexibility index (Phi) is 6.47. The molecule has 0 heterocycles. The van der Waals surface area contributed by atoms with Gasteiger partial charge < -0.3 is 9.47 Å². The molecule has 0 aliphatic heterocycles. The second-order valence-electron chi connectivity index (χ2n) is 4.02. The van der Waals surface area contributed by atoms with Crippen LogP contribution in [0.2, 0.25) is 0 Å². The summed E-state index contributed by atoms with van der Waals surface area (Å²) in [6, 6.07) is 7.02. The minimum absolute atomic E-state index is 0.0696. The molecule has 0 N–H and O–H groups in total. The van der Waals surface area contributed by atoms with E-state index in [0.29, 0.717) is 18.8 Å². The Morgan fingerprint density at radius 2 is 2.05 bits per heavy atom. The summed E-state index contributed by atoms with van der Waals surface area (Å²) < 4.78 is 36.3. The third-order valence-corrected chi connectivity index (χ3v) is 2.84. The van der Waals surface area contributed by atoms with Crippen LogP contribution in [0.5, 0.6) is 5.75 Å². The highest BCUT2D eigenvalue weighted by Gasteiger charge is 2.05. The van der Waals surface area contributed by atoms with Crippen LogP contribution in [0.4, 0.5) is 0 Å². The molecule has 0 aliphatic rings. The molecule has 0 radical (unpaired) electrons. The van der Waals surface area contributed by atoms with Crippen LogP contribution in [-0.2, 0) is 30.3 Å². The molecular formula is C13H18O6S. The van der Waals surface area contributed by atoms with Crippen molar-refractivity contribution in [3.05, 3.63) is 29.8 Å². The molecule has 0 unspecified atom stereocenters. The Morgan fingerprint density at radius 1 is 1.30 bits per heavy atom. The number of carbonyl (C=O) groups is 1. The largest absolute Gasteiger partial charge is 0.482 e. The van der Waals surface area contributed by atoms with Crippen LogP contribution in [-0.4, -0.2) is 40.5 Å². The zero-order valence-electron chi connectivity index (χ0n) is 11.5.